The highest BCUT2D eigenvalue weighted by atomic mass is 19.4. The molecule has 27 heavy (non-hydrogen) atoms. The van der Waals surface area contributed by atoms with Gasteiger partial charge in [0.15, 0.2) is 0 Å². The van der Waals surface area contributed by atoms with Gasteiger partial charge in [-0.1, -0.05) is 18.2 Å². The van der Waals surface area contributed by atoms with Gasteiger partial charge in [-0.05, 0) is 31.2 Å². The Bertz CT molecular complexity index is 857. The Morgan fingerprint density at radius 2 is 1.74 bits per heavy atom. The molecule has 2 N–H and O–H groups in total. The van der Waals surface area contributed by atoms with Crippen LogP contribution in [-0.4, -0.2) is 35.8 Å². The third kappa shape index (κ3) is 4.15. The molecule has 1 heterocycles. The molecule has 1 atom stereocenters. The van der Waals surface area contributed by atoms with Gasteiger partial charge in [0.2, 0.25) is 0 Å². The first-order valence-corrected chi connectivity index (χ1v) is 7.55. The standard InChI is InChI=1S/C17H15F4N3O3/c1-10-6-5-9-13(22-10)23-16(15(26)27-2,17(19,20)21)24-14(25)11-7-3-4-8-12(11)18/h3-9H,1-2H3,(H,22,23)(H,24,25)/t16-/m1/s1. The van der Waals surface area contributed by atoms with Gasteiger partial charge in [-0.15, -0.1) is 0 Å². The van der Waals surface area contributed by atoms with Crippen molar-refractivity contribution >= 4 is 17.7 Å². The van der Waals surface area contributed by atoms with Gasteiger partial charge in [0.25, 0.3) is 5.91 Å². The molecule has 2 rings (SSSR count). The van der Waals surface area contributed by atoms with Gasteiger partial charge >= 0.3 is 17.8 Å². The molecule has 0 saturated carbocycles. The topological polar surface area (TPSA) is 80.3 Å². The molecule has 1 aromatic heterocycles. The van der Waals surface area contributed by atoms with Crippen LogP contribution < -0.4 is 10.6 Å². The van der Waals surface area contributed by atoms with Crippen LogP contribution in [0.1, 0.15) is 16.1 Å². The monoisotopic (exact) mass is 385 g/mol. The van der Waals surface area contributed by atoms with Crippen LogP contribution >= 0.6 is 0 Å². The van der Waals surface area contributed by atoms with Crippen LogP contribution in [0.5, 0.6) is 0 Å². The number of carbonyl (C=O) groups is 2. The lowest BCUT2D eigenvalue weighted by molar-refractivity contribution is -0.203. The molecular weight excluding hydrogens is 370 g/mol. The van der Waals surface area contributed by atoms with E-state index in [9.17, 15) is 27.2 Å². The van der Waals surface area contributed by atoms with Crippen molar-refractivity contribution in [3.63, 3.8) is 0 Å². The van der Waals surface area contributed by atoms with E-state index in [2.05, 4.69) is 9.72 Å². The smallest absolute Gasteiger partial charge is 0.441 e. The molecule has 0 bridgehead atoms. The van der Waals surface area contributed by atoms with E-state index in [1.165, 1.54) is 42.6 Å². The van der Waals surface area contributed by atoms with E-state index in [4.69, 9.17) is 0 Å². The number of hydrogen-bond acceptors (Lipinski definition) is 5. The highest BCUT2D eigenvalue weighted by molar-refractivity contribution is 5.99. The molecule has 0 saturated heterocycles. The maximum Gasteiger partial charge on any atom is 0.441 e. The molecule has 0 aliphatic carbocycles. The summed E-state index contributed by atoms with van der Waals surface area (Å²) in [5.41, 5.74) is -3.99. The molecular formula is C17H15F4N3O3. The first kappa shape index (κ1) is 20.1. The van der Waals surface area contributed by atoms with Gasteiger partial charge in [-0.25, -0.2) is 14.2 Å². The molecule has 0 radical (unpaired) electrons. The molecule has 0 aliphatic rings. The number of pyridine rings is 1. The van der Waals surface area contributed by atoms with Crippen LogP contribution in [0.3, 0.4) is 0 Å². The molecule has 144 valence electrons. The molecule has 0 spiro atoms. The van der Waals surface area contributed by atoms with Gasteiger partial charge in [0, 0.05) is 5.69 Å². The normalized spacial score (nSPS) is 13.4. The van der Waals surface area contributed by atoms with Crippen molar-refractivity contribution in [3.05, 3.63) is 59.5 Å². The van der Waals surface area contributed by atoms with Crippen LogP contribution in [0.4, 0.5) is 23.4 Å². The zero-order chi connectivity index (χ0) is 20.2. The van der Waals surface area contributed by atoms with Gasteiger partial charge < -0.3 is 15.4 Å². The van der Waals surface area contributed by atoms with E-state index in [1.807, 2.05) is 5.32 Å². The number of ether oxygens (including phenoxy) is 1. The van der Waals surface area contributed by atoms with E-state index in [1.54, 1.807) is 0 Å². The maximum absolute atomic E-state index is 13.9. The predicted molar refractivity (Wildman–Crippen MR) is 87.3 cm³/mol. The zero-order valence-corrected chi connectivity index (χ0v) is 14.2. The number of nitrogens with zero attached hydrogens (tertiary/aromatic N) is 1. The molecule has 0 fully saturated rings. The van der Waals surface area contributed by atoms with Crippen LogP contribution in [0.25, 0.3) is 0 Å². The summed E-state index contributed by atoms with van der Waals surface area (Å²) in [6.07, 6.45) is -5.34. The number of methoxy groups -OCH3 is 1. The summed E-state index contributed by atoms with van der Waals surface area (Å²) in [6.45, 7) is 1.52. The second-order valence-electron chi connectivity index (χ2n) is 5.46. The summed E-state index contributed by atoms with van der Waals surface area (Å²) in [5.74, 6) is -4.70. The van der Waals surface area contributed by atoms with Crippen LogP contribution in [0.15, 0.2) is 42.5 Å². The number of nitrogens with one attached hydrogen (secondary N) is 2. The number of carbonyl (C=O) groups excluding carboxylic acids is 2. The number of amides is 1. The van der Waals surface area contributed by atoms with Gasteiger partial charge in [0.1, 0.15) is 11.6 Å². The number of esters is 1. The second-order valence-corrected chi connectivity index (χ2v) is 5.46. The van der Waals surface area contributed by atoms with Gasteiger partial charge in [-0.2, -0.15) is 13.2 Å². The molecule has 10 heteroatoms. The number of benzene rings is 1. The largest absolute Gasteiger partial charge is 0.466 e. The average molecular weight is 385 g/mol. The van der Waals surface area contributed by atoms with E-state index in [0.29, 0.717) is 5.69 Å². The second kappa shape index (κ2) is 7.60. The Hall–Kier alpha value is -3.17. The van der Waals surface area contributed by atoms with Gasteiger partial charge in [0.05, 0.1) is 12.7 Å². The summed E-state index contributed by atoms with van der Waals surface area (Å²) < 4.78 is 59.7. The lowest BCUT2D eigenvalue weighted by Gasteiger charge is -2.34. The highest BCUT2D eigenvalue weighted by Gasteiger charge is 2.63. The van der Waals surface area contributed by atoms with Crippen LogP contribution in [0.2, 0.25) is 0 Å². The van der Waals surface area contributed by atoms with Crippen molar-refractivity contribution in [2.24, 2.45) is 0 Å². The number of rotatable bonds is 5. The van der Waals surface area contributed by atoms with Crippen LogP contribution in [-0.2, 0) is 9.53 Å². The SMILES string of the molecule is COC(=O)[C@](NC(=O)c1ccccc1F)(Nc1cccc(C)n1)C(F)(F)F. The highest BCUT2D eigenvalue weighted by Crippen LogP contribution is 2.33. The first-order valence-electron chi connectivity index (χ1n) is 7.55. The van der Waals surface area contributed by atoms with Crippen molar-refractivity contribution in [2.45, 2.75) is 18.8 Å². The van der Waals surface area contributed by atoms with Crippen molar-refractivity contribution in [2.75, 3.05) is 12.4 Å². The van der Waals surface area contributed by atoms with Crippen molar-refractivity contribution in [3.8, 4) is 0 Å². The lowest BCUT2D eigenvalue weighted by atomic mass is 10.1. The Balaban J connectivity index is 2.52. The summed E-state index contributed by atoms with van der Waals surface area (Å²) in [4.78, 5) is 28.2. The number of aromatic nitrogens is 1. The lowest BCUT2D eigenvalue weighted by Crippen LogP contribution is -2.69. The molecule has 6 nitrogen and oxygen atoms in total. The van der Waals surface area contributed by atoms with Crippen molar-refractivity contribution in [1.29, 1.82) is 0 Å². The summed E-state index contributed by atoms with van der Waals surface area (Å²) >= 11 is 0. The Labute approximate surface area is 151 Å². The summed E-state index contributed by atoms with van der Waals surface area (Å²) in [5, 5.41) is 3.40. The van der Waals surface area contributed by atoms with E-state index < -0.39 is 35.1 Å². The number of aryl methyl sites for hydroxylation is 1. The fourth-order valence-corrected chi connectivity index (χ4v) is 2.23. The zero-order valence-electron chi connectivity index (χ0n) is 14.2. The van der Waals surface area contributed by atoms with Crippen molar-refractivity contribution in [1.82, 2.24) is 10.3 Å². The number of hydrogen-bond donors (Lipinski definition) is 2. The Morgan fingerprint density at radius 3 is 2.30 bits per heavy atom. The number of halogens is 4. The minimum Gasteiger partial charge on any atom is -0.466 e. The third-order valence-electron chi connectivity index (χ3n) is 3.54. The fourth-order valence-electron chi connectivity index (χ4n) is 2.23. The maximum atomic E-state index is 13.9. The van der Waals surface area contributed by atoms with E-state index in [-0.39, 0.29) is 5.82 Å². The third-order valence-corrected chi connectivity index (χ3v) is 3.54. The fraction of sp³-hybridized carbons (Fsp3) is 0.235. The average Bonchev–Trinajstić information content (AvgIpc) is 2.59. The minimum absolute atomic E-state index is 0.341. The first-order chi connectivity index (χ1) is 12.6. The quantitative estimate of drug-likeness (QED) is 0.470. The van der Waals surface area contributed by atoms with E-state index in [0.717, 1.165) is 19.2 Å². The summed E-state index contributed by atoms with van der Waals surface area (Å²) in [6, 6.07) is 8.51. The minimum atomic E-state index is -5.34. The Morgan fingerprint density at radius 1 is 1.07 bits per heavy atom. The molecule has 1 amide bonds. The van der Waals surface area contributed by atoms with Gasteiger partial charge in [-0.3, -0.25) is 4.79 Å². The number of anilines is 1. The number of alkyl halides is 3. The molecule has 0 unspecified atom stereocenters. The molecule has 0 aliphatic heterocycles. The Kier molecular flexibility index (Phi) is 5.67. The predicted octanol–water partition coefficient (Wildman–Crippen LogP) is 2.80. The van der Waals surface area contributed by atoms with Crippen LogP contribution in [0, 0.1) is 12.7 Å². The van der Waals surface area contributed by atoms with Crippen molar-refractivity contribution < 1.29 is 31.9 Å². The van der Waals surface area contributed by atoms with E-state index >= 15 is 0 Å². The molecule has 2 aromatic rings. The molecule has 1 aromatic carbocycles. The summed E-state index contributed by atoms with van der Waals surface area (Å²) in [7, 11) is 0.726.